The fourth-order valence-corrected chi connectivity index (χ4v) is 3.46. The molecule has 2 aliphatic rings. The molecule has 0 radical (unpaired) electrons. The molecule has 0 unspecified atom stereocenters. The van der Waals surface area contributed by atoms with Gasteiger partial charge in [-0.25, -0.2) is 9.97 Å². The predicted octanol–water partition coefficient (Wildman–Crippen LogP) is 2.42. The molecule has 0 amide bonds. The van der Waals surface area contributed by atoms with Crippen LogP contribution in [0.25, 0.3) is 0 Å². The van der Waals surface area contributed by atoms with Crippen LogP contribution in [-0.4, -0.2) is 34.1 Å². The number of rotatable bonds is 3. The van der Waals surface area contributed by atoms with E-state index in [4.69, 9.17) is 9.15 Å². The van der Waals surface area contributed by atoms with Crippen molar-refractivity contribution in [2.75, 3.05) is 13.1 Å². The Morgan fingerprint density at radius 1 is 1.33 bits per heavy atom. The molecule has 2 fully saturated rings. The number of hydrogen-bond acceptors (Lipinski definition) is 5. The number of aromatic nitrogens is 2. The zero-order chi connectivity index (χ0) is 14.1. The second-order valence-electron chi connectivity index (χ2n) is 5.95. The zero-order valence-corrected chi connectivity index (χ0v) is 11.9. The molecule has 0 spiro atoms. The third-order valence-electron chi connectivity index (χ3n) is 4.56. The Hall–Kier alpha value is -1.72. The second-order valence-corrected chi connectivity index (χ2v) is 5.95. The lowest BCUT2D eigenvalue weighted by Crippen LogP contribution is -2.41. The van der Waals surface area contributed by atoms with Gasteiger partial charge in [0.2, 0.25) is 0 Å². The minimum Gasteiger partial charge on any atom is -0.472 e. The first-order valence-corrected chi connectivity index (χ1v) is 7.53. The SMILES string of the molecule is c1cc([C@@H]2C[C@@H]3CCN(Cc4ccoc4)C[C@H]3O2)ncn1. The summed E-state index contributed by atoms with van der Waals surface area (Å²) in [6, 6.07) is 4.00. The summed E-state index contributed by atoms with van der Waals surface area (Å²) in [4.78, 5) is 10.8. The van der Waals surface area contributed by atoms with Crippen LogP contribution in [0.3, 0.4) is 0 Å². The maximum absolute atomic E-state index is 6.25. The predicted molar refractivity (Wildman–Crippen MR) is 76.4 cm³/mol. The molecule has 3 atom stereocenters. The zero-order valence-electron chi connectivity index (χ0n) is 11.9. The van der Waals surface area contributed by atoms with Gasteiger partial charge >= 0.3 is 0 Å². The van der Waals surface area contributed by atoms with Crippen molar-refractivity contribution in [2.24, 2.45) is 5.92 Å². The van der Waals surface area contributed by atoms with Gasteiger partial charge in [0, 0.05) is 24.8 Å². The normalized spacial score (nSPS) is 29.4. The highest BCUT2D eigenvalue weighted by Gasteiger charge is 2.39. The minimum absolute atomic E-state index is 0.136. The van der Waals surface area contributed by atoms with E-state index in [1.165, 1.54) is 12.0 Å². The number of ether oxygens (including phenoxy) is 1. The van der Waals surface area contributed by atoms with Crippen molar-refractivity contribution in [3.05, 3.63) is 48.4 Å². The van der Waals surface area contributed by atoms with Gasteiger partial charge in [0.1, 0.15) is 12.4 Å². The van der Waals surface area contributed by atoms with Crippen LogP contribution in [0.2, 0.25) is 0 Å². The number of fused-ring (bicyclic) bond motifs is 1. The molecule has 0 aliphatic carbocycles. The molecule has 2 saturated heterocycles. The van der Waals surface area contributed by atoms with Crippen LogP contribution >= 0.6 is 0 Å². The maximum Gasteiger partial charge on any atom is 0.115 e. The van der Waals surface area contributed by atoms with Gasteiger partial charge in [0.05, 0.1) is 24.3 Å². The molecule has 21 heavy (non-hydrogen) atoms. The van der Waals surface area contributed by atoms with E-state index in [1.54, 1.807) is 18.8 Å². The van der Waals surface area contributed by atoms with Crippen LogP contribution in [0.15, 0.2) is 41.6 Å². The number of furan rings is 1. The molecule has 5 heteroatoms. The topological polar surface area (TPSA) is 51.4 Å². The van der Waals surface area contributed by atoms with Crippen molar-refractivity contribution in [3.8, 4) is 0 Å². The lowest BCUT2D eigenvalue weighted by molar-refractivity contribution is -0.0107. The van der Waals surface area contributed by atoms with Gasteiger partial charge in [-0.05, 0) is 37.4 Å². The van der Waals surface area contributed by atoms with E-state index in [2.05, 4.69) is 14.9 Å². The second kappa shape index (κ2) is 5.58. The molecule has 0 saturated carbocycles. The highest BCUT2D eigenvalue weighted by Crippen LogP contribution is 2.40. The molecule has 4 rings (SSSR count). The van der Waals surface area contributed by atoms with E-state index >= 15 is 0 Å². The van der Waals surface area contributed by atoms with Gasteiger partial charge < -0.3 is 9.15 Å². The van der Waals surface area contributed by atoms with E-state index in [-0.39, 0.29) is 6.10 Å². The lowest BCUT2D eigenvalue weighted by Gasteiger charge is -2.33. The van der Waals surface area contributed by atoms with Gasteiger partial charge in [-0.3, -0.25) is 4.90 Å². The van der Waals surface area contributed by atoms with Crippen LogP contribution in [0.4, 0.5) is 0 Å². The number of likely N-dealkylation sites (tertiary alicyclic amines) is 1. The third-order valence-corrected chi connectivity index (χ3v) is 4.56. The van der Waals surface area contributed by atoms with Gasteiger partial charge in [-0.15, -0.1) is 0 Å². The van der Waals surface area contributed by atoms with Crippen molar-refractivity contribution < 1.29 is 9.15 Å². The summed E-state index contributed by atoms with van der Waals surface area (Å²) in [5, 5.41) is 0. The molecule has 0 bridgehead atoms. The molecule has 2 aliphatic heterocycles. The maximum atomic E-state index is 6.25. The highest BCUT2D eigenvalue weighted by molar-refractivity contribution is 5.08. The van der Waals surface area contributed by atoms with E-state index in [1.807, 2.05) is 18.4 Å². The molecular weight excluding hydrogens is 266 g/mol. The van der Waals surface area contributed by atoms with Gasteiger partial charge in [-0.1, -0.05) is 0 Å². The first-order valence-electron chi connectivity index (χ1n) is 7.53. The average molecular weight is 285 g/mol. The third kappa shape index (κ3) is 2.71. The molecule has 5 nitrogen and oxygen atoms in total. The molecule has 0 N–H and O–H groups in total. The Bertz CT molecular complexity index is 572. The summed E-state index contributed by atoms with van der Waals surface area (Å²) in [6.07, 6.45) is 9.70. The van der Waals surface area contributed by atoms with E-state index in [0.717, 1.165) is 31.7 Å². The Labute approximate surface area is 124 Å². The summed E-state index contributed by atoms with van der Waals surface area (Å²) in [6.45, 7) is 3.07. The Morgan fingerprint density at radius 2 is 2.33 bits per heavy atom. The summed E-state index contributed by atoms with van der Waals surface area (Å²) in [5.74, 6) is 0.658. The first-order chi connectivity index (χ1) is 10.4. The Balaban J connectivity index is 1.40. The Morgan fingerprint density at radius 3 is 3.14 bits per heavy atom. The van der Waals surface area contributed by atoms with Crippen molar-refractivity contribution in [3.63, 3.8) is 0 Å². The van der Waals surface area contributed by atoms with Gasteiger partial charge in [0.15, 0.2) is 0 Å². The molecule has 110 valence electrons. The largest absolute Gasteiger partial charge is 0.472 e. The molecule has 0 aromatic carbocycles. The van der Waals surface area contributed by atoms with E-state index in [9.17, 15) is 0 Å². The number of hydrogen-bond donors (Lipinski definition) is 0. The first kappa shape index (κ1) is 13.0. The van der Waals surface area contributed by atoms with Crippen LogP contribution in [0, 0.1) is 5.92 Å². The highest BCUT2D eigenvalue weighted by atomic mass is 16.5. The van der Waals surface area contributed by atoms with Crippen LogP contribution in [-0.2, 0) is 11.3 Å². The van der Waals surface area contributed by atoms with Crippen molar-refractivity contribution in [2.45, 2.75) is 31.6 Å². The fraction of sp³-hybridized carbons (Fsp3) is 0.500. The van der Waals surface area contributed by atoms with E-state index < -0.39 is 0 Å². The minimum atomic E-state index is 0.136. The van der Waals surface area contributed by atoms with E-state index in [0.29, 0.717) is 12.0 Å². The number of nitrogens with zero attached hydrogens (tertiary/aromatic N) is 3. The fourth-order valence-electron chi connectivity index (χ4n) is 3.46. The van der Waals surface area contributed by atoms with Gasteiger partial charge in [0.25, 0.3) is 0 Å². The summed E-state index contributed by atoms with van der Waals surface area (Å²) >= 11 is 0. The van der Waals surface area contributed by atoms with Crippen molar-refractivity contribution in [1.82, 2.24) is 14.9 Å². The molecule has 2 aromatic heterocycles. The quantitative estimate of drug-likeness (QED) is 0.867. The molecular formula is C16H19N3O2. The van der Waals surface area contributed by atoms with Crippen LogP contribution in [0.5, 0.6) is 0 Å². The summed E-state index contributed by atoms with van der Waals surface area (Å²) < 4.78 is 11.4. The van der Waals surface area contributed by atoms with Gasteiger partial charge in [-0.2, -0.15) is 0 Å². The van der Waals surface area contributed by atoms with Crippen LogP contribution in [0.1, 0.15) is 30.2 Å². The Kier molecular flexibility index (Phi) is 3.45. The molecule has 4 heterocycles. The standard InChI is InChI=1S/C16H19N3O2/c1-4-17-11-18-14(1)15-7-13-2-5-19(9-16(13)21-15)8-12-3-6-20-10-12/h1,3-4,6,10-11,13,15-16H,2,5,7-9H2/t13-,15-,16+/m0/s1. The smallest absolute Gasteiger partial charge is 0.115 e. The average Bonchev–Trinajstić information content (AvgIpc) is 3.17. The number of piperidine rings is 1. The van der Waals surface area contributed by atoms with Crippen molar-refractivity contribution >= 4 is 0 Å². The lowest BCUT2D eigenvalue weighted by atomic mass is 9.91. The summed E-state index contributed by atoms with van der Waals surface area (Å²) in [7, 11) is 0. The monoisotopic (exact) mass is 285 g/mol. The van der Waals surface area contributed by atoms with Crippen molar-refractivity contribution in [1.29, 1.82) is 0 Å². The van der Waals surface area contributed by atoms with Crippen LogP contribution < -0.4 is 0 Å². The molecule has 2 aromatic rings. The summed E-state index contributed by atoms with van der Waals surface area (Å²) in [5.41, 5.74) is 2.25.